The van der Waals surface area contributed by atoms with Gasteiger partial charge in [-0.15, -0.1) is 0 Å². The second kappa shape index (κ2) is 6.23. The third-order valence-electron chi connectivity index (χ3n) is 3.47. The Morgan fingerprint density at radius 2 is 1.74 bits per heavy atom. The molecule has 2 aromatic rings. The molecule has 2 rings (SSSR count). The van der Waals surface area contributed by atoms with Crippen LogP contribution >= 0.6 is 11.6 Å². The van der Waals surface area contributed by atoms with Crippen LogP contribution in [-0.2, 0) is 6.54 Å². The van der Waals surface area contributed by atoms with Crippen molar-refractivity contribution in [2.45, 2.75) is 33.4 Å². The zero-order chi connectivity index (χ0) is 13.8. The van der Waals surface area contributed by atoms with Gasteiger partial charge in [0, 0.05) is 17.6 Å². The number of hydrogen-bond donors (Lipinski definition) is 1. The summed E-state index contributed by atoms with van der Waals surface area (Å²) in [7, 11) is 0. The van der Waals surface area contributed by atoms with Gasteiger partial charge in [0.15, 0.2) is 0 Å². The molecule has 0 bridgehead atoms. The standard InChI is InChI=1S/C17H20ClN/c1-12-4-5-13(2)16(10-12)11-19-14(3)15-6-8-17(18)9-7-15/h4-10,14,19H,11H2,1-3H3. The Morgan fingerprint density at radius 3 is 2.42 bits per heavy atom. The summed E-state index contributed by atoms with van der Waals surface area (Å²) in [6, 6.07) is 14.9. The van der Waals surface area contributed by atoms with E-state index in [4.69, 9.17) is 11.6 Å². The molecule has 2 heteroatoms. The number of halogens is 1. The minimum Gasteiger partial charge on any atom is -0.306 e. The Hall–Kier alpha value is -1.31. The molecule has 0 aliphatic rings. The van der Waals surface area contributed by atoms with Crippen LogP contribution in [0.15, 0.2) is 42.5 Å². The quantitative estimate of drug-likeness (QED) is 0.843. The molecule has 0 heterocycles. The summed E-state index contributed by atoms with van der Waals surface area (Å²) in [4.78, 5) is 0. The first-order valence-corrected chi connectivity index (χ1v) is 6.99. The maximum atomic E-state index is 5.91. The molecule has 1 atom stereocenters. The molecule has 1 unspecified atom stereocenters. The van der Waals surface area contributed by atoms with Crippen molar-refractivity contribution >= 4 is 11.6 Å². The van der Waals surface area contributed by atoms with Crippen LogP contribution in [0.5, 0.6) is 0 Å². The Balaban J connectivity index is 2.02. The van der Waals surface area contributed by atoms with E-state index >= 15 is 0 Å². The predicted molar refractivity (Wildman–Crippen MR) is 82.6 cm³/mol. The van der Waals surface area contributed by atoms with E-state index in [0.29, 0.717) is 6.04 Å². The maximum absolute atomic E-state index is 5.91. The highest BCUT2D eigenvalue weighted by atomic mass is 35.5. The fraction of sp³-hybridized carbons (Fsp3) is 0.294. The first-order valence-electron chi connectivity index (χ1n) is 6.61. The highest BCUT2D eigenvalue weighted by Crippen LogP contribution is 2.17. The number of aryl methyl sites for hydroxylation is 2. The van der Waals surface area contributed by atoms with Gasteiger partial charge in [-0.05, 0) is 49.6 Å². The molecule has 0 fully saturated rings. The first kappa shape index (κ1) is 14.1. The van der Waals surface area contributed by atoms with Crippen LogP contribution in [-0.4, -0.2) is 0 Å². The molecule has 1 nitrogen and oxygen atoms in total. The average molecular weight is 274 g/mol. The molecular formula is C17H20ClN. The summed E-state index contributed by atoms with van der Waals surface area (Å²) < 4.78 is 0. The number of nitrogens with one attached hydrogen (secondary N) is 1. The average Bonchev–Trinajstić information content (AvgIpc) is 2.40. The number of rotatable bonds is 4. The molecule has 0 radical (unpaired) electrons. The zero-order valence-corrected chi connectivity index (χ0v) is 12.5. The SMILES string of the molecule is Cc1ccc(C)c(CNC(C)c2ccc(Cl)cc2)c1. The molecular weight excluding hydrogens is 254 g/mol. The van der Waals surface area contributed by atoms with E-state index in [-0.39, 0.29) is 0 Å². The minimum absolute atomic E-state index is 0.317. The van der Waals surface area contributed by atoms with E-state index in [0.717, 1.165) is 11.6 Å². The van der Waals surface area contributed by atoms with Crippen LogP contribution in [0.25, 0.3) is 0 Å². The summed E-state index contributed by atoms with van der Waals surface area (Å²) in [5.41, 5.74) is 5.26. The Morgan fingerprint density at radius 1 is 1.05 bits per heavy atom. The van der Waals surface area contributed by atoms with Crippen LogP contribution in [0, 0.1) is 13.8 Å². The van der Waals surface area contributed by atoms with Gasteiger partial charge in [0.1, 0.15) is 0 Å². The van der Waals surface area contributed by atoms with Crippen LogP contribution in [0.3, 0.4) is 0 Å². The largest absolute Gasteiger partial charge is 0.306 e. The topological polar surface area (TPSA) is 12.0 Å². The van der Waals surface area contributed by atoms with Gasteiger partial charge in [-0.3, -0.25) is 0 Å². The van der Waals surface area contributed by atoms with Crippen molar-refractivity contribution in [3.63, 3.8) is 0 Å². The predicted octanol–water partition coefficient (Wildman–Crippen LogP) is 4.81. The zero-order valence-electron chi connectivity index (χ0n) is 11.7. The van der Waals surface area contributed by atoms with Crippen molar-refractivity contribution in [2.24, 2.45) is 0 Å². The summed E-state index contributed by atoms with van der Waals surface area (Å²) in [6.45, 7) is 7.35. The second-order valence-corrected chi connectivity index (χ2v) is 5.52. The van der Waals surface area contributed by atoms with E-state index in [1.54, 1.807) is 0 Å². The van der Waals surface area contributed by atoms with Gasteiger partial charge in [-0.25, -0.2) is 0 Å². The van der Waals surface area contributed by atoms with E-state index in [1.807, 2.05) is 12.1 Å². The Labute approximate surface area is 120 Å². The van der Waals surface area contributed by atoms with Gasteiger partial charge >= 0.3 is 0 Å². The lowest BCUT2D eigenvalue weighted by atomic mass is 10.0. The van der Waals surface area contributed by atoms with Gasteiger partial charge in [-0.2, -0.15) is 0 Å². The Kier molecular flexibility index (Phi) is 4.62. The van der Waals surface area contributed by atoms with Crippen molar-refractivity contribution in [1.29, 1.82) is 0 Å². The van der Waals surface area contributed by atoms with E-state index in [9.17, 15) is 0 Å². The minimum atomic E-state index is 0.317. The molecule has 1 N–H and O–H groups in total. The third-order valence-corrected chi connectivity index (χ3v) is 3.73. The summed E-state index contributed by atoms with van der Waals surface area (Å²) >= 11 is 5.91. The molecule has 0 aromatic heterocycles. The van der Waals surface area contributed by atoms with Crippen LogP contribution in [0.2, 0.25) is 5.02 Å². The lowest BCUT2D eigenvalue weighted by molar-refractivity contribution is 0.573. The molecule has 2 aromatic carbocycles. The van der Waals surface area contributed by atoms with Gasteiger partial charge < -0.3 is 5.32 Å². The maximum Gasteiger partial charge on any atom is 0.0406 e. The molecule has 0 amide bonds. The van der Waals surface area contributed by atoms with E-state index in [1.165, 1.54) is 22.3 Å². The third kappa shape index (κ3) is 3.82. The van der Waals surface area contributed by atoms with Gasteiger partial charge in [0.05, 0.1) is 0 Å². The first-order chi connectivity index (χ1) is 9.06. The van der Waals surface area contributed by atoms with Gasteiger partial charge in [0.2, 0.25) is 0 Å². The lowest BCUT2D eigenvalue weighted by Gasteiger charge is -2.16. The number of benzene rings is 2. The lowest BCUT2D eigenvalue weighted by Crippen LogP contribution is -2.18. The van der Waals surface area contributed by atoms with E-state index in [2.05, 4.69) is 56.4 Å². The second-order valence-electron chi connectivity index (χ2n) is 5.08. The normalized spacial score (nSPS) is 12.4. The van der Waals surface area contributed by atoms with Crippen LogP contribution in [0.4, 0.5) is 0 Å². The highest BCUT2D eigenvalue weighted by molar-refractivity contribution is 6.30. The van der Waals surface area contributed by atoms with Crippen molar-refractivity contribution in [2.75, 3.05) is 0 Å². The van der Waals surface area contributed by atoms with Crippen LogP contribution in [0.1, 0.15) is 35.2 Å². The summed E-state index contributed by atoms with van der Waals surface area (Å²) in [5, 5.41) is 4.34. The summed E-state index contributed by atoms with van der Waals surface area (Å²) in [6.07, 6.45) is 0. The number of hydrogen-bond acceptors (Lipinski definition) is 1. The Bertz CT molecular complexity index is 546. The van der Waals surface area contributed by atoms with Gasteiger partial charge in [0.25, 0.3) is 0 Å². The van der Waals surface area contributed by atoms with Crippen molar-refractivity contribution in [3.05, 3.63) is 69.7 Å². The molecule has 0 saturated heterocycles. The van der Waals surface area contributed by atoms with Crippen molar-refractivity contribution < 1.29 is 0 Å². The fourth-order valence-corrected chi connectivity index (χ4v) is 2.25. The smallest absolute Gasteiger partial charge is 0.0406 e. The van der Waals surface area contributed by atoms with Crippen LogP contribution < -0.4 is 5.32 Å². The molecule has 0 aliphatic carbocycles. The van der Waals surface area contributed by atoms with E-state index < -0.39 is 0 Å². The fourth-order valence-electron chi connectivity index (χ4n) is 2.12. The monoisotopic (exact) mass is 273 g/mol. The highest BCUT2D eigenvalue weighted by Gasteiger charge is 2.06. The molecule has 100 valence electrons. The molecule has 0 saturated carbocycles. The molecule has 0 aliphatic heterocycles. The summed E-state index contributed by atoms with van der Waals surface area (Å²) in [5.74, 6) is 0. The van der Waals surface area contributed by atoms with Gasteiger partial charge in [-0.1, -0.05) is 47.5 Å². The molecule has 0 spiro atoms. The van der Waals surface area contributed by atoms with Crippen molar-refractivity contribution in [3.8, 4) is 0 Å². The van der Waals surface area contributed by atoms with Crippen molar-refractivity contribution in [1.82, 2.24) is 5.32 Å². The molecule has 19 heavy (non-hydrogen) atoms.